The number of piperidine rings is 2. The number of piperazine rings is 1. The van der Waals surface area contributed by atoms with Crippen LogP contribution in [0.25, 0.3) is 10.9 Å². The molecule has 0 saturated carbocycles. The molecule has 6 heterocycles. The van der Waals surface area contributed by atoms with Crippen LogP contribution < -0.4 is 36.0 Å². The lowest BCUT2D eigenvalue weighted by atomic mass is 9.91. The van der Waals surface area contributed by atoms with Gasteiger partial charge in [-0.3, -0.25) is 39.1 Å². The summed E-state index contributed by atoms with van der Waals surface area (Å²) in [5.74, 6) is -0.957. The number of fused-ring (bicyclic) bond motifs is 2. The van der Waals surface area contributed by atoms with E-state index in [-0.39, 0.29) is 56.1 Å². The second-order valence-corrected chi connectivity index (χ2v) is 15.7. The Bertz CT molecular complexity index is 2400. The topological polar surface area (TPSA) is 195 Å². The molecule has 2 atom stereocenters. The molecule has 4 N–H and O–H groups in total. The van der Waals surface area contributed by atoms with Crippen LogP contribution in [0.3, 0.4) is 0 Å². The average Bonchev–Trinajstić information content (AvgIpc) is 3.48. The van der Waals surface area contributed by atoms with Crippen molar-refractivity contribution in [2.24, 2.45) is 7.05 Å². The van der Waals surface area contributed by atoms with Gasteiger partial charge in [-0.1, -0.05) is 23.7 Å². The molecule has 17 nitrogen and oxygen atoms in total. The average molecular weight is 831 g/mol. The molecule has 4 aliphatic rings. The second kappa shape index (κ2) is 16.1. The van der Waals surface area contributed by atoms with Gasteiger partial charge in [0.2, 0.25) is 17.8 Å². The summed E-state index contributed by atoms with van der Waals surface area (Å²) in [6.45, 7) is 3.01. The van der Waals surface area contributed by atoms with E-state index in [2.05, 4.69) is 25.8 Å². The Balaban J connectivity index is 0.874. The summed E-state index contributed by atoms with van der Waals surface area (Å²) in [6, 6.07) is 11.2. The number of aryl methyl sites for hydroxylation is 1. The molecule has 3 saturated heterocycles. The number of halogens is 2. The SMILES string of the molecule is CNC(=O)COc1cc2cc(Nc3nc(N4CCN(CC5(F)CCN(c6cccc7c6C(=O)N(C6CCC(=O)NC6=O)C7O)CC5)CC4)ncc3Cl)ccc2n(C)c1=O. The van der Waals surface area contributed by atoms with Gasteiger partial charge in [-0.15, -0.1) is 0 Å². The van der Waals surface area contributed by atoms with E-state index < -0.39 is 35.7 Å². The molecule has 2 unspecified atom stereocenters. The number of aromatic nitrogens is 3. The Morgan fingerprint density at radius 1 is 1.05 bits per heavy atom. The molecule has 2 aromatic carbocycles. The van der Waals surface area contributed by atoms with E-state index in [9.17, 15) is 29.1 Å². The number of nitrogens with zero attached hydrogens (tertiary/aromatic N) is 7. The van der Waals surface area contributed by atoms with Gasteiger partial charge < -0.3 is 34.8 Å². The fourth-order valence-electron chi connectivity index (χ4n) is 8.32. The summed E-state index contributed by atoms with van der Waals surface area (Å²) in [4.78, 5) is 78.9. The minimum Gasteiger partial charge on any atom is -0.478 e. The first kappa shape index (κ1) is 40.0. The van der Waals surface area contributed by atoms with Crippen LogP contribution in [0, 0.1) is 0 Å². The fraction of sp³-hybridized carbons (Fsp3) is 0.425. The van der Waals surface area contributed by atoms with Crippen molar-refractivity contribution in [2.45, 2.75) is 43.6 Å². The Morgan fingerprint density at radius 3 is 2.54 bits per heavy atom. The molecule has 3 fully saturated rings. The number of carbonyl (C=O) groups is 4. The summed E-state index contributed by atoms with van der Waals surface area (Å²) in [5, 5.41) is 20.1. The van der Waals surface area contributed by atoms with E-state index >= 15 is 4.39 Å². The molecule has 2 aromatic heterocycles. The highest BCUT2D eigenvalue weighted by Crippen LogP contribution is 2.42. The van der Waals surface area contributed by atoms with Gasteiger partial charge in [0.15, 0.2) is 24.4 Å². The van der Waals surface area contributed by atoms with Gasteiger partial charge in [0.25, 0.3) is 17.4 Å². The number of aliphatic hydroxyl groups is 1. The van der Waals surface area contributed by atoms with Gasteiger partial charge >= 0.3 is 0 Å². The van der Waals surface area contributed by atoms with Gasteiger partial charge in [-0.05, 0) is 36.8 Å². The molecule has 4 amide bonds. The van der Waals surface area contributed by atoms with Gasteiger partial charge in [0, 0.05) is 101 Å². The monoisotopic (exact) mass is 830 g/mol. The number of alkyl halides is 1. The molecule has 4 aliphatic heterocycles. The second-order valence-electron chi connectivity index (χ2n) is 15.3. The Morgan fingerprint density at radius 2 is 1.81 bits per heavy atom. The number of hydrogen-bond donors (Lipinski definition) is 4. The molecule has 0 aliphatic carbocycles. The first-order valence-corrected chi connectivity index (χ1v) is 19.9. The van der Waals surface area contributed by atoms with E-state index in [1.165, 1.54) is 17.8 Å². The first-order valence-electron chi connectivity index (χ1n) is 19.5. The Hall–Kier alpha value is -5.85. The van der Waals surface area contributed by atoms with Crippen molar-refractivity contribution in [1.82, 2.24) is 35.0 Å². The van der Waals surface area contributed by atoms with E-state index in [0.717, 1.165) is 4.90 Å². The molecule has 0 bridgehead atoms. The molecular weight excluding hydrogens is 787 g/mol. The minimum atomic E-state index is -1.45. The molecule has 310 valence electrons. The van der Waals surface area contributed by atoms with Crippen molar-refractivity contribution in [3.8, 4) is 5.75 Å². The van der Waals surface area contributed by atoms with Crippen LogP contribution in [0.15, 0.2) is 53.5 Å². The quantitative estimate of drug-likeness (QED) is 0.170. The maximum absolute atomic E-state index is 16.5. The van der Waals surface area contributed by atoms with Crippen molar-refractivity contribution in [3.63, 3.8) is 0 Å². The van der Waals surface area contributed by atoms with Crippen LogP contribution >= 0.6 is 11.6 Å². The summed E-state index contributed by atoms with van der Waals surface area (Å²) in [5.41, 5.74) is 0.794. The number of imide groups is 1. The first-order chi connectivity index (χ1) is 28.3. The number of pyridine rings is 1. The highest BCUT2D eigenvalue weighted by atomic mass is 35.5. The zero-order valence-electron chi connectivity index (χ0n) is 32.5. The zero-order chi connectivity index (χ0) is 41.6. The number of rotatable bonds is 10. The van der Waals surface area contributed by atoms with Crippen LogP contribution in [-0.2, 0) is 21.4 Å². The van der Waals surface area contributed by atoms with Crippen molar-refractivity contribution < 1.29 is 33.4 Å². The number of nitrogens with one attached hydrogen (secondary N) is 3. The highest BCUT2D eigenvalue weighted by Gasteiger charge is 2.46. The van der Waals surface area contributed by atoms with Gasteiger partial charge in [0.05, 0.1) is 17.3 Å². The van der Waals surface area contributed by atoms with Gasteiger partial charge in [0.1, 0.15) is 16.7 Å². The van der Waals surface area contributed by atoms with Gasteiger partial charge in [-0.2, -0.15) is 4.98 Å². The number of anilines is 4. The van der Waals surface area contributed by atoms with E-state index in [1.54, 1.807) is 43.4 Å². The number of carbonyl (C=O) groups excluding carboxylic acids is 4. The number of amides is 4. The van der Waals surface area contributed by atoms with Gasteiger partial charge in [-0.25, -0.2) is 9.37 Å². The molecule has 0 radical (unpaired) electrons. The molecule has 4 aromatic rings. The van der Waals surface area contributed by atoms with E-state index in [0.29, 0.717) is 89.5 Å². The third-order valence-corrected chi connectivity index (χ3v) is 11.9. The number of hydrogen-bond acceptors (Lipinski definition) is 13. The lowest BCUT2D eigenvalue weighted by molar-refractivity contribution is -0.139. The Kier molecular flexibility index (Phi) is 10.9. The normalized spacial score (nSPS) is 20.8. The van der Waals surface area contributed by atoms with Crippen molar-refractivity contribution in [3.05, 3.63) is 75.2 Å². The summed E-state index contributed by atoms with van der Waals surface area (Å²) in [6.07, 6.45) is 0.897. The van der Waals surface area contributed by atoms with Crippen molar-refractivity contribution in [1.29, 1.82) is 0 Å². The van der Waals surface area contributed by atoms with Crippen LogP contribution in [0.5, 0.6) is 5.75 Å². The van der Waals surface area contributed by atoms with Crippen molar-refractivity contribution in [2.75, 3.05) is 74.6 Å². The molecule has 0 spiro atoms. The lowest BCUT2D eigenvalue weighted by Crippen LogP contribution is -2.54. The zero-order valence-corrected chi connectivity index (χ0v) is 33.3. The standard InChI is InChI=1S/C40H44ClFN10O7/c1-43-32(54)21-59-30-19-23-18-24(6-7-27(23)48(2)37(30)57)45-34-26(41)20-44-39(47-34)51-16-14-49(15-17-51)22-40(42)10-12-50(13-11-40)28-5-3-4-25-33(28)38(58)52(36(25)56)29-8-9-31(53)46-35(29)55/h3-7,18-20,29,36,56H,8-17,21-22H2,1-2H3,(H,43,54)(H,44,45,47)(H,46,53,55). The molecule has 8 rings (SSSR count). The van der Waals surface area contributed by atoms with Crippen LogP contribution in [0.4, 0.5) is 27.5 Å². The summed E-state index contributed by atoms with van der Waals surface area (Å²) >= 11 is 6.53. The third kappa shape index (κ3) is 7.86. The summed E-state index contributed by atoms with van der Waals surface area (Å²) < 4.78 is 23.4. The Labute approximate surface area is 343 Å². The minimum absolute atomic E-state index is 0.0438. The molecular formula is C40H44ClFN10O7. The number of ether oxygens (including phenoxy) is 1. The predicted molar refractivity (Wildman–Crippen MR) is 217 cm³/mol. The number of aliphatic hydroxyl groups excluding tert-OH is 1. The van der Waals surface area contributed by atoms with Crippen molar-refractivity contribution >= 4 is 69.3 Å². The maximum Gasteiger partial charge on any atom is 0.293 e. The smallest absolute Gasteiger partial charge is 0.293 e. The fourth-order valence-corrected chi connectivity index (χ4v) is 8.45. The van der Waals surface area contributed by atoms with Crippen LogP contribution in [0.1, 0.15) is 47.8 Å². The summed E-state index contributed by atoms with van der Waals surface area (Å²) in [7, 11) is 3.12. The molecule has 19 heteroatoms. The lowest BCUT2D eigenvalue weighted by Gasteiger charge is -2.42. The van der Waals surface area contributed by atoms with Crippen LogP contribution in [0.2, 0.25) is 5.02 Å². The van der Waals surface area contributed by atoms with E-state index in [4.69, 9.17) is 21.3 Å². The third-order valence-electron chi connectivity index (χ3n) is 11.6. The maximum atomic E-state index is 16.5. The predicted octanol–water partition coefficient (Wildman–Crippen LogP) is 2.23. The molecule has 59 heavy (non-hydrogen) atoms. The number of likely N-dealkylation sites (N-methyl/N-ethyl adjacent to an activating group) is 1. The largest absolute Gasteiger partial charge is 0.478 e. The number of benzene rings is 2. The van der Waals surface area contributed by atoms with E-state index in [1.807, 2.05) is 15.9 Å². The van der Waals surface area contributed by atoms with Crippen LogP contribution in [-0.4, -0.2) is 124 Å². The highest BCUT2D eigenvalue weighted by molar-refractivity contribution is 6.33.